The Kier molecular flexibility index (Phi) is 7.79. The molecule has 6 nitrogen and oxygen atoms in total. The molecule has 0 aliphatic rings. The average molecular weight is 411 g/mol. The maximum Gasteiger partial charge on any atom is 0.241 e. The van der Waals surface area contributed by atoms with Crippen molar-refractivity contribution in [2.75, 3.05) is 13.7 Å². The maximum atomic E-state index is 12.7. The van der Waals surface area contributed by atoms with Gasteiger partial charge in [0, 0.05) is 18.2 Å². The highest BCUT2D eigenvalue weighted by atomic mass is 35.5. The summed E-state index contributed by atoms with van der Waals surface area (Å²) in [5.41, 5.74) is 0.843. The fourth-order valence-corrected chi connectivity index (χ4v) is 3.86. The molecule has 8 heteroatoms. The van der Waals surface area contributed by atoms with Crippen LogP contribution in [0.3, 0.4) is 0 Å². The largest absolute Gasteiger partial charge is 0.383 e. The molecular formula is C19H23ClN2O4S. The van der Waals surface area contributed by atoms with Gasteiger partial charge in [0.05, 0.1) is 11.5 Å². The molecule has 0 bridgehead atoms. The molecule has 2 aromatic carbocycles. The van der Waals surface area contributed by atoms with Gasteiger partial charge in [-0.25, -0.2) is 8.42 Å². The molecule has 2 atom stereocenters. The van der Waals surface area contributed by atoms with Crippen LogP contribution in [0.2, 0.25) is 5.02 Å². The van der Waals surface area contributed by atoms with Crippen molar-refractivity contribution >= 4 is 27.5 Å². The highest BCUT2D eigenvalue weighted by molar-refractivity contribution is 7.89. The first-order valence-electron chi connectivity index (χ1n) is 8.43. The smallest absolute Gasteiger partial charge is 0.241 e. The summed E-state index contributed by atoms with van der Waals surface area (Å²) in [6.45, 7) is 2.11. The molecule has 1 amide bonds. The Morgan fingerprint density at radius 2 is 1.74 bits per heavy atom. The first kappa shape index (κ1) is 21.4. The SMILES string of the molecule is COC[C@H](C)NC(=O)[C@@H](Cc1ccccc1)NS(=O)(=O)c1ccc(Cl)cc1. The lowest BCUT2D eigenvalue weighted by atomic mass is 10.1. The van der Waals surface area contributed by atoms with Crippen LogP contribution in [-0.2, 0) is 26.0 Å². The van der Waals surface area contributed by atoms with Crippen molar-refractivity contribution in [1.29, 1.82) is 0 Å². The van der Waals surface area contributed by atoms with Crippen LogP contribution in [0.4, 0.5) is 0 Å². The van der Waals surface area contributed by atoms with Gasteiger partial charge in [-0.2, -0.15) is 4.72 Å². The van der Waals surface area contributed by atoms with Crippen molar-refractivity contribution < 1.29 is 17.9 Å². The van der Waals surface area contributed by atoms with Gasteiger partial charge in [-0.1, -0.05) is 41.9 Å². The maximum absolute atomic E-state index is 12.7. The number of methoxy groups -OCH3 is 1. The lowest BCUT2D eigenvalue weighted by Gasteiger charge is -2.21. The first-order valence-corrected chi connectivity index (χ1v) is 10.3. The van der Waals surface area contributed by atoms with E-state index < -0.39 is 22.0 Å². The summed E-state index contributed by atoms with van der Waals surface area (Å²) in [5.74, 6) is -0.416. The third-order valence-corrected chi connectivity index (χ3v) is 5.57. The number of hydrogen-bond donors (Lipinski definition) is 2. The van der Waals surface area contributed by atoms with E-state index in [1.54, 1.807) is 6.92 Å². The Morgan fingerprint density at radius 1 is 1.11 bits per heavy atom. The number of ether oxygens (including phenoxy) is 1. The second-order valence-corrected chi connectivity index (χ2v) is 8.33. The molecule has 2 N–H and O–H groups in total. The highest BCUT2D eigenvalue weighted by Gasteiger charge is 2.27. The number of carbonyl (C=O) groups excluding carboxylic acids is 1. The van der Waals surface area contributed by atoms with Crippen LogP contribution in [0.5, 0.6) is 0 Å². The van der Waals surface area contributed by atoms with Crippen molar-refractivity contribution in [2.24, 2.45) is 0 Å². The van der Waals surface area contributed by atoms with E-state index in [0.717, 1.165) is 5.56 Å². The monoisotopic (exact) mass is 410 g/mol. The molecule has 0 radical (unpaired) electrons. The summed E-state index contributed by atoms with van der Waals surface area (Å²) in [4.78, 5) is 12.7. The minimum Gasteiger partial charge on any atom is -0.383 e. The number of amides is 1. The number of rotatable bonds is 9. The zero-order valence-electron chi connectivity index (χ0n) is 15.2. The van der Waals surface area contributed by atoms with Gasteiger partial charge in [0.1, 0.15) is 6.04 Å². The lowest BCUT2D eigenvalue weighted by molar-refractivity contribution is -0.123. The Balaban J connectivity index is 2.22. The molecule has 27 heavy (non-hydrogen) atoms. The van der Waals surface area contributed by atoms with Crippen LogP contribution in [0.15, 0.2) is 59.5 Å². The highest BCUT2D eigenvalue weighted by Crippen LogP contribution is 2.15. The van der Waals surface area contributed by atoms with Gasteiger partial charge in [-0.05, 0) is 43.2 Å². The topological polar surface area (TPSA) is 84.5 Å². The van der Waals surface area contributed by atoms with Gasteiger partial charge in [-0.15, -0.1) is 0 Å². The number of nitrogens with one attached hydrogen (secondary N) is 2. The normalized spacial score (nSPS) is 13.7. The predicted molar refractivity (Wildman–Crippen MR) is 105 cm³/mol. The van der Waals surface area contributed by atoms with Gasteiger partial charge in [-0.3, -0.25) is 4.79 Å². The van der Waals surface area contributed by atoms with E-state index in [4.69, 9.17) is 16.3 Å². The third-order valence-electron chi connectivity index (χ3n) is 3.83. The molecule has 0 heterocycles. The molecule has 0 saturated carbocycles. The molecule has 0 aromatic heterocycles. The number of halogens is 1. The van der Waals surface area contributed by atoms with E-state index >= 15 is 0 Å². The van der Waals surface area contributed by atoms with Gasteiger partial charge in [0.25, 0.3) is 0 Å². The van der Waals surface area contributed by atoms with Crippen LogP contribution >= 0.6 is 11.6 Å². The standard InChI is InChI=1S/C19H23ClN2O4S/c1-14(13-26-2)21-19(23)18(12-15-6-4-3-5-7-15)22-27(24,25)17-10-8-16(20)9-11-17/h3-11,14,18,22H,12-13H2,1-2H3,(H,21,23)/t14-,18+/m0/s1. The summed E-state index contributed by atoms with van der Waals surface area (Å²) < 4.78 is 32.9. The Bertz CT molecular complexity index is 842. The summed E-state index contributed by atoms with van der Waals surface area (Å²) >= 11 is 5.82. The molecular weight excluding hydrogens is 388 g/mol. The second-order valence-electron chi connectivity index (χ2n) is 6.18. The zero-order valence-corrected chi connectivity index (χ0v) is 16.8. The van der Waals surface area contributed by atoms with Crippen LogP contribution in [0.1, 0.15) is 12.5 Å². The van der Waals surface area contributed by atoms with Crippen molar-refractivity contribution in [3.8, 4) is 0 Å². The average Bonchev–Trinajstić information content (AvgIpc) is 2.62. The molecule has 2 aromatic rings. The van der Waals surface area contributed by atoms with Crippen molar-refractivity contribution in [3.05, 3.63) is 65.2 Å². The molecule has 0 saturated heterocycles. The van der Waals surface area contributed by atoms with Gasteiger partial charge in [0.15, 0.2) is 0 Å². The van der Waals surface area contributed by atoms with Crippen molar-refractivity contribution in [1.82, 2.24) is 10.0 Å². The minimum absolute atomic E-state index is 0.0442. The quantitative estimate of drug-likeness (QED) is 0.664. The van der Waals surface area contributed by atoms with E-state index in [9.17, 15) is 13.2 Å². The summed E-state index contributed by atoms with van der Waals surface area (Å²) in [5, 5.41) is 3.20. The summed E-state index contributed by atoms with van der Waals surface area (Å²) in [6, 6.07) is 13.8. The minimum atomic E-state index is -3.89. The third kappa shape index (κ3) is 6.62. The van der Waals surface area contributed by atoms with Crippen molar-refractivity contribution in [2.45, 2.75) is 30.3 Å². The Labute approximate surface area is 164 Å². The number of sulfonamides is 1. The molecule has 0 aliphatic carbocycles. The van der Waals surface area contributed by atoms with Crippen LogP contribution in [0, 0.1) is 0 Å². The lowest BCUT2D eigenvalue weighted by Crippen LogP contribution is -2.50. The van der Waals surface area contributed by atoms with Crippen LogP contribution < -0.4 is 10.0 Å². The summed E-state index contributed by atoms with van der Waals surface area (Å²) in [6.07, 6.45) is 0.221. The van der Waals surface area contributed by atoms with E-state index in [2.05, 4.69) is 10.0 Å². The number of benzene rings is 2. The second kappa shape index (κ2) is 9.85. The molecule has 0 unspecified atom stereocenters. The number of carbonyl (C=O) groups is 1. The first-order chi connectivity index (χ1) is 12.8. The molecule has 0 fully saturated rings. The van der Waals surface area contributed by atoms with Crippen molar-refractivity contribution in [3.63, 3.8) is 0 Å². The fourth-order valence-electron chi connectivity index (χ4n) is 2.54. The van der Waals surface area contributed by atoms with Gasteiger partial charge < -0.3 is 10.1 Å². The fraction of sp³-hybridized carbons (Fsp3) is 0.316. The zero-order chi connectivity index (χ0) is 19.9. The van der Waals surface area contributed by atoms with E-state index in [-0.39, 0.29) is 17.4 Å². The van der Waals surface area contributed by atoms with Crippen LogP contribution in [0.25, 0.3) is 0 Å². The molecule has 146 valence electrons. The molecule has 2 rings (SSSR count). The molecule has 0 spiro atoms. The van der Waals surface area contributed by atoms with E-state index in [1.807, 2.05) is 30.3 Å². The molecule has 0 aliphatic heterocycles. The summed E-state index contributed by atoms with van der Waals surface area (Å²) in [7, 11) is -2.36. The predicted octanol–water partition coefficient (Wildman–Crippen LogP) is 2.38. The Morgan fingerprint density at radius 3 is 2.33 bits per heavy atom. The van der Waals surface area contributed by atoms with E-state index in [0.29, 0.717) is 11.6 Å². The van der Waals surface area contributed by atoms with E-state index in [1.165, 1.54) is 31.4 Å². The number of hydrogen-bond acceptors (Lipinski definition) is 4. The van der Waals surface area contributed by atoms with Gasteiger partial charge in [0.2, 0.25) is 15.9 Å². The van der Waals surface area contributed by atoms with Gasteiger partial charge >= 0.3 is 0 Å². The Hall–Kier alpha value is -1.93. The van der Waals surface area contributed by atoms with Crippen LogP contribution in [-0.4, -0.2) is 40.1 Å².